The Morgan fingerprint density at radius 1 is 1.04 bits per heavy atom. The zero-order valence-electron chi connectivity index (χ0n) is 15.1. The van der Waals surface area contributed by atoms with Gasteiger partial charge in [-0.25, -0.2) is 0 Å². The number of hydrogen-bond donors (Lipinski definition) is 1. The molecule has 1 amide bonds. The Morgan fingerprint density at radius 3 is 2.52 bits per heavy atom. The van der Waals surface area contributed by atoms with E-state index in [1.165, 1.54) is 18.1 Å². The van der Waals surface area contributed by atoms with Crippen molar-refractivity contribution in [3.63, 3.8) is 0 Å². The lowest BCUT2D eigenvalue weighted by molar-refractivity contribution is 0.0898. The fourth-order valence-corrected chi connectivity index (χ4v) is 3.64. The van der Waals surface area contributed by atoms with Gasteiger partial charge in [0.2, 0.25) is 0 Å². The van der Waals surface area contributed by atoms with Gasteiger partial charge in [0, 0.05) is 24.2 Å². The molecule has 2 heterocycles. The molecular formula is C22H22N2O3. The minimum absolute atomic E-state index is 0.0314. The number of amides is 1. The first kappa shape index (κ1) is 17.3. The van der Waals surface area contributed by atoms with Crippen LogP contribution in [-0.4, -0.2) is 17.0 Å². The summed E-state index contributed by atoms with van der Waals surface area (Å²) in [7, 11) is 0. The van der Waals surface area contributed by atoms with Gasteiger partial charge in [0.15, 0.2) is 5.76 Å². The SMILES string of the molecule is O=C(NCC1(c2ccccc2)CCC1)c1ccc(Cn2ccccc2=O)o1. The Kier molecular flexibility index (Phi) is 4.67. The van der Waals surface area contributed by atoms with Gasteiger partial charge in [-0.1, -0.05) is 42.8 Å². The Labute approximate surface area is 157 Å². The molecule has 4 rings (SSSR count). The van der Waals surface area contributed by atoms with Crippen LogP contribution in [0.15, 0.2) is 76.1 Å². The first-order chi connectivity index (χ1) is 13.2. The van der Waals surface area contributed by atoms with Crippen molar-refractivity contribution in [3.8, 4) is 0 Å². The van der Waals surface area contributed by atoms with Crippen molar-refractivity contribution in [3.05, 3.63) is 94.3 Å². The smallest absolute Gasteiger partial charge is 0.287 e. The summed E-state index contributed by atoms with van der Waals surface area (Å²) in [4.78, 5) is 24.3. The van der Waals surface area contributed by atoms with Crippen LogP contribution in [0.5, 0.6) is 0 Å². The van der Waals surface area contributed by atoms with Gasteiger partial charge in [0.1, 0.15) is 5.76 Å². The molecule has 1 saturated carbocycles. The highest BCUT2D eigenvalue weighted by atomic mass is 16.4. The molecule has 1 aliphatic carbocycles. The number of pyridine rings is 1. The number of rotatable bonds is 6. The highest BCUT2D eigenvalue weighted by molar-refractivity contribution is 5.91. The van der Waals surface area contributed by atoms with Crippen LogP contribution < -0.4 is 10.9 Å². The average Bonchev–Trinajstić information content (AvgIpc) is 3.12. The lowest BCUT2D eigenvalue weighted by Crippen LogP contribution is -2.45. The van der Waals surface area contributed by atoms with Crippen LogP contribution in [-0.2, 0) is 12.0 Å². The minimum Gasteiger partial charge on any atom is -0.454 e. The quantitative estimate of drug-likeness (QED) is 0.731. The van der Waals surface area contributed by atoms with Crippen molar-refractivity contribution in [1.29, 1.82) is 0 Å². The van der Waals surface area contributed by atoms with Crippen LogP contribution in [0, 0.1) is 0 Å². The van der Waals surface area contributed by atoms with E-state index in [9.17, 15) is 9.59 Å². The van der Waals surface area contributed by atoms with Gasteiger partial charge in [-0.15, -0.1) is 0 Å². The van der Waals surface area contributed by atoms with E-state index in [0.717, 1.165) is 12.8 Å². The summed E-state index contributed by atoms with van der Waals surface area (Å²) >= 11 is 0. The minimum atomic E-state index is -0.219. The summed E-state index contributed by atoms with van der Waals surface area (Å²) in [5.41, 5.74) is 1.21. The topological polar surface area (TPSA) is 64.2 Å². The Morgan fingerprint density at radius 2 is 1.81 bits per heavy atom. The number of nitrogens with zero attached hydrogens (tertiary/aromatic N) is 1. The van der Waals surface area contributed by atoms with Crippen LogP contribution in [0.25, 0.3) is 0 Å². The third kappa shape index (κ3) is 3.58. The molecule has 5 nitrogen and oxygen atoms in total. The molecule has 0 bridgehead atoms. The van der Waals surface area contributed by atoms with E-state index in [2.05, 4.69) is 17.4 Å². The summed E-state index contributed by atoms with van der Waals surface area (Å²) in [6.45, 7) is 0.908. The summed E-state index contributed by atoms with van der Waals surface area (Å²) in [5, 5.41) is 3.03. The van der Waals surface area contributed by atoms with E-state index in [0.29, 0.717) is 18.8 Å². The number of nitrogens with one attached hydrogen (secondary N) is 1. The lowest BCUT2D eigenvalue weighted by atomic mass is 9.64. The molecule has 1 N–H and O–H groups in total. The summed E-state index contributed by atoms with van der Waals surface area (Å²) < 4.78 is 7.20. The average molecular weight is 362 g/mol. The van der Waals surface area contributed by atoms with Crippen molar-refractivity contribution < 1.29 is 9.21 Å². The third-order valence-corrected chi connectivity index (χ3v) is 5.39. The van der Waals surface area contributed by atoms with Crippen molar-refractivity contribution >= 4 is 5.91 Å². The second kappa shape index (κ2) is 7.27. The van der Waals surface area contributed by atoms with Crippen LogP contribution in [0.1, 0.15) is 41.1 Å². The standard InChI is InChI=1S/C22H22N2O3/c25-20-9-4-5-14-24(20)15-18-10-11-19(27-18)21(26)23-16-22(12-6-13-22)17-7-2-1-3-8-17/h1-5,7-11,14H,6,12-13,15-16H2,(H,23,26). The van der Waals surface area contributed by atoms with Gasteiger partial charge in [-0.05, 0) is 36.6 Å². The third-order valence-electron chi connectivity index (χ3n) is 5.39. The Hall–Kier alpha value is -3.08. The zero-order valence-corrected chi connectivity index (χ0v) is 15.1. The number of aromatic nitrogens is 1. The molecule has 5 heteroatoms. The monoisotopic (exact) mass is 362 g/mol. The second-order valence-electron chi connectivity index (χ2n) is 7.12. The molecule has 1 aromatic carbocycles. The maximum absolute atomic E-state index is 12.5. The van der Waals surface area contributed by atoms with Crippen LogP contribution in [0.4, 0.5) is 0 Å². The van der Waals surface area contributed by atoms with Crippen molar-refractivity contribution in [2.75, 3.05) is 6.54 Å². The van der Waals surface area contributed by atoms with Gasteiger partial charge < -0.3 is 14.3 Å². The van der Waals surface area contributed by atoms with Crippen molar-refractivity contribution in [1.82, 2.24) is 9.88 Å². The first-order valence-corrected chi connectivity index (χ1v) is 9.24. The molecule has 0 unspecified atom stereocenters. The first-order valence-electron chi connectivity index (χ1n) is 9.24. The predicted octanol–water partition coefficient (Wildman–Crippen LogP) is 3.34. The van der Waals surface area contributed by atoms with Gasteiger partial charge in [-0.3, -0.25) is 9.59 Å². The lowest BCUT2D eigenvalue weighted by Gasteiger charge is -2.42. The van der Waals surface area contributed by atoms with Crippen LogP contribution >= 0.6 is 0 Å². The number of carbonyl (C=O) groups excluding carboxylic acids is 1. The van der Waals surface area contributed by atoms with E-state index in [-0.39, 0.29) is 22.6 Å². The van der Waals surface area contributed by atoms with E-state index in [1.807, 2.05) is 18.2 Å². The van der Waals surface area contributed by atoms with E-state index >= 15 is 0 Å². The molecule has 27 heavy (non-hydrogen) atoms. The van der Waals surface area contributed by atoms with Crippen LogP contribution in [0.2, 0.25) is 0 Å². The van der Waals surface area contributed by atoms with Gasteiger partial charge in [0.25, 0.3) is 11.5 Å². The molecule has 0 saturated heterocycles. The Bertz CT molecular complexity index is 984. The molecule has 138 valence electrons. The molecule has 0 aliphatic heterocycles. The Balaban J connectivity index is 1.41. The largest absolute Gasteiger partial charge is 0.454 e. The van der Waals surface area contributed by atoms with Crippen LogP contribution in [0.3, 0.4) is 0 Å². The molecule has 1 fully saturated rings. The maximum atomic E-state index is 12.5. The molecule has 2 aromatic heterocycles. The highest BCUT2D eigenvalue weighted by Gasteiger charge is 2.38. The van der Waals surface area contributed by atoms with Gasteiger partial charge >= 0.3 is 0 Å². The van der Waals surface area contributed by atoms with E-state index < -0.39 is 0 Å². The molecule has 0 radical (unpaired) electrons. The number of benzene rings is 1. The molecule has 1 aliphatic rings. The van der Waals surface area contributed by atoms with E-state index in [1.54, 1.807) is 35.0 Å². The summed E-state index contributed by atoms with van der Waals surface area (Å²) in [6, 6.07) is 18.8. The molecule has 0 spiro atoms. The maximum Gasteiger partial charge on any atom is 0.287 e. The molecule has 3 aromatic rings. The molecular weight excluding hydrogens is 340 g/mol. The summed E-state index contributed by atoms with van der Waals surface area (Å²) in [6.07, 6.45) is 5.04. The van der Waals surface area contributed by atoms with Gasteiger partial charge in [-0.2, -0.15) is 0 Å². The summed E-state index contributed by atoms with van der Waals surface area (Å²) in [5.74, 6) is 0.634. The normalized spacial score (nSPS) is 15.1. The second-order valence-corrected chi connectivity index (χ2v) is 7.12. The fourth-order valence-electron chi connectivity index (χ4n) is 3.64. The van der Waals surface area contributed by atoms with Crippen molar-refractivity contribution in [2.24, 2.45) is 0 Å². The predicted molar refractivity (Wildman–Crippen MR) is 103 cm³/mol. The number of furan rings is 1. The number of hydrogen-bond acceptors (Lipinski definition) is 3. The fraction of sp³-hybridized carbons (Fsp3) is 0.273. The van der Waals surface area contributed by atoms with Crippen molar-refractivity contribution in [2.45, 2.75) is 31.2 Å². The number of carbonyl (C=O) groups is 1. The van der Waals surface area contributed by atoms with Gasteiger partial charge in [0.05, 0.1) is 6.54 Å². The zero-order chi connectivity index (χ0) is 18.7. The van der Waals surface area contributed by atoms with E-state index in [4.69, 9.17) is 4.42 Å². The molecule has 0 atom stereocenters. The highest BCUT2D eigenvalue weighted by Crippen LogP contribution is 2.43.